The van der Waals surface area contributed by atoms with Crippen molar-refractivity contribution in [1.29, 1.82) is 0 Å². The van der Waals surface area contributed by atoms with E-state index in [1.54, 1.807) is 11.1 Å². The van der Waals surface area contributed by atoms with E-state index in [4.69, 9.17) is 28.4 Å². The van der Waals surface area contributed by atoms with E-state index in [0.717, 1.165) is 148 Å². The Bertz CT molecular complexity index is 1820. The van der Waals surface area contributed by atoms with Crippen LogP contribution in [0.25, 0.3) is 0 Å². The molecule has 7 aliphatic carbocycles. The molecule has 14 unspecified atom stereocenters. The van der Waals surface area contributed by atoms with Gasteiger partial charge >= 0.3 is 11.9 Å². The minimum atomic E-state index is -0.156. The number of esters is 2. The van der Waals surface area contributed by atoms with E-state index in [-0.39, 0.29) is 24.1 Å². The van der Waals surface area contributed by atoms with Gasteiger partial charge in [-0.1, -0.05) is 129 Å². The molecule has 0 radical (unpaired) electrons. The summed E-state index contributed by atoms with van der Waals surface area (Å²) in [7, 11) is 4.16. The Kier molecular flexibility index (Phi) is 29.2. The van der Waals surface area contributed by atoms with Gasteiger partial charge in [-0.15, -0.1) is 0 Å². The molecule has 80 heavy (non-hydrogen) atoms. The first kappa shape index (κ1) is 65.7. The lowest BCUT2D eigenvalue weighted by Crippen LogP contribution is -2.44. The van der Waals surface area contributed by atoms with Crippen LogP contribution in [0.3, 0.4) is 0 Å². The van der Waals surface area contributed by atoms with E-state index >= 15 is 0 Å². The number of likely N-dealkylation sites (N-methyl/N-ethyl adjacent to an activating group) is 2. The van der Waals surface area contributed by atoms with Crippen LogP contribution in [0.15, 0.2) is 23.3 Å². The van der Waals surface area contributed by atoms with Crippen molar-refractivity contribution in [3.8, 4) is 0 Å². The van der Waals surface area contributed by atoms with Crippen LogP contribution in [0.4, 0.5) is 0 Å². The molecule has 10 heteroatoms. The Morgan fingerprint density at radius 3 is 1.61 bits per heavy atom. The lowest BCUT2D eigenvalue weighted by Gasteiger charge is -2.52. The van der Waals surface area contributed by atoms with Gasteiger partial charge in [-0.3, -0.25) is 9.59 Å². The maximum absolute atomic E-state index is 12.6. The number of ether oxygens (including phenoxy) is 6. The summed E-state index contributed by atoms with van der Waals surface area (Å²) in [5.41, 5.74) is 3.34. The summed E-state index contributed by atoms with van der Waals surface area (Å²) in [6.45, 7) is 22.0. The normalized spacial score (nSPS) is 30.7. The van der Waals surface area contributed by atoms with Gasteiger partial charge in [0.2, 0.25) is 0 Å². The first-order valence-electron chi connectivity index (χ1n) is 34.3. The van der Waals surface area contributed by atoms with Crippen LogP contribution in [0.1, 0.15) is 221 Å². The molecule has 0 saturated heterocycles. The molecule has 0 aromatic rings. The van der Waals surface area contributed by atoms with Crippen molar-refractivity contribution < 1.29 is 38.0 Å². The van der Waals surface area contributed by atoms with Gasteiger partial charge in [0.15, 0.2) is 0 Å². The predicted octanol–water partition coefficient (Wildman–Crippen LogP) is 15.4. The third-order valence-corrected chi connectivity index (χ3v) is 21.8. The van der Waals surface area contributed by atoms with Gasteiger partial charge in [-0.2, -0.15) is 0 Å². The Morgan fingerprint density at radius 2 is 1.04 bits per heavy atom. The number of carbonyl (C=O) groups is 2. The second-order valence-electron chi connectivity index (χ2n) is 28.2. The molecule has 0 N–H and O–H groups in total. The van der Waals surface area contributed by atoms with Crippen LogP contribution in [0.5, 0.6) is 0 Å². The first-order valence-corrected chi connectivity index (χ1v) is 34.3. The fourth-order valence-corrected chi connectivity index (χ4v) is 17.5. The van der Waals surface area contributed by atoms with Crippen molar-refractivity contribution in [2.24, 2.45) is 82.9 Å². The zero-order chi connectivity index (χ0) is 56.6. The van der Waals surface area contributed by atoms with Gasteiger partial charge in [0.25, 0.3) is 0 Å². The van der Waals surface area contributed by atoms with E-state index in [0.29, 0.717) is 65.7 Å². The van der Waals surface area contributed by atoms with Crippen LogP contribution in [0, 0.1) is 82.9 Å². The third-order valence-electron chi connectivity index (χ3n) is 21.8. The van der Waals surface area contributed by atoms with Crippen molar-refractivity contribution in [3.63, 3.8) is 0 Å². The summed E-state index contributed by atoms with van der Waals surface area (Å²) in [5, 5.41) is 0. The zero-order valence-corrected chi connectivity index (χ0v) is 52.8. The first-order chi connectivity index (χ1) is 38.9. The van der Waals surface area contributed by atoms with Gasteiger partial charge in [-0.25, -0.2) is 0 Å². The molecule has 14 atom stereocenters. The number of carbonyl (C=O) groups excluding carboxylic acids is 2. The summed E-state index contributed by atoms with van der Waals surface area (Å²) in [5.74, 6) is 12.0. The lowest BCUT2D eigenvalue weighted by molar-refractivity contribution is -0.146. The summed E-state index contributed by atoms with van der Waals surface area (Å²) in [6, 6.07) is 0. The molecule has 0 bridgehead atoms. The molecule has 0 aliphatic heterocycles. The zero-order valence-electron chi connectivity index (χ0n) is 52.8. The highest BCUT2D eigenvalue weighted by Crippen LogP contribution is 2.58. The van der Waals surface area contributed by atoms with Crippen molar-refractivity contribution in [2.75, 3.05) is 93.1 Å². The standard InChI is InChI=1S/C70H122N2O8/c1-9-59-60(53(6)19-12-10-17-51(2)3)33-34-67-63-32-27-58(50-56(63)24-29-65(59)67)78-44-36-70(74)80-42-16-38-72(8)40-46-76-48-47-75-45-39-71(7)37-15-41-79-69(73)35-43-77-57-26-31-62-55(49-57)25-30-68-64(62)22-14-21-61-54(23-28-66(61)68)20-13-11-18-52(4)5/h24-25,51-54,57-68H,9-23,26-50H2,1-8H3. The van der Waals surface area contributed by atoms with Gasteiger partial charge in [-0.05, 0) is 200 Å². The molecule has 0 spiro atoms. The highest BCUT2D eigenvalue weighted by Gasteiger charge is 2.49. The van der Waals surface area contributed by atoms with Crippen LogP contribution in [-0.2, 0) is 38.0 Å². The minimum absolute atomic E-state index is 0.151. The second kappa shape index (κ2) is 35.6. The summed E-state index contributed by atoms with van der Waals surface area (Å²) in [4.78, 5) is 29.6. The molecule has 0 aromatic heterocycles. The van der Waals surface area contributed by atoms with Gasteiger partial charge in [0, 0.05) is 26.2 Å². The molecular weight excluding hydrogens is 997 g/mol. The Morgan fingerprint density at radius 1 is 0.512 bits per heavy atom. The minimum Gasteiger partial charge on any atom is -0.466 e. The van der Waals surface area contributed by atoms with E-state index in [1.165, 1.54) is 128 Å². The Balaban J connectivity index is 0.623. The van der Waals surface area contributed by atoms with Gasteiger partial charge < -0.3 is 38.2 Å². The highest BCUT2D eigenvalue weighted by molar-refractivity contribution is 5.69. The summed E-state index contributed by atoms with van der Waals surface area (Å²) < 4.78 is 35.5. The maximum Gasteiger partial charge on any atom is 0.308 e. The van der Waals surface area contributed by atoms with Crippen molar-refractivity contribution in [1.82, 2.24) is 9.80 Å². The lowest BCUT2D eigenvalue weighted by atomic mass is 9.54. The van der Waals surface area contributed by atoms with Crippen molar-refractivity contribution >= 4 is 11.9 Å². The van der Waals surface area contributed by atoms with E-state index < -0.39 is 0 Å². The Hall–Kier alpha value is -1.82. The number of unbranched alkanes of at least 4 members (excludes halogenated alkanes) is 2. The topological polar surface area (TPSA) is 96.0 Å². The molecule has 0 aromatic carbocycles. The number of allylic oxidation sites excluding steroid dienone is 2. The second-order valence-corrected chi connectivity index (χ2v) is 28.2. The van der Waals surface area contributed by atoms with Crippen LogP contribution < -0.4 is 0 Å². The van der Waals surface area contributed by atoms with Crippen molar-refractivity contribution in [3.05, 3.63) is 23.3 Å². The predicted molar refractivity (Wildman–Crippen MR) is 326 cm³/mol. The fraction of sp³-hybridized carbons (Fsp3) is 0.914. The maximum atomic E-state index is 12.6. The molecule has 7 rings (SSSR count). The smallest absolute Gasteiger partial charge is 0.308 e. The van der Waals surface area contributed by atoms with E-state index in [9.17, 15) is 9.59 Å². The van der Waals surface area contributed by atoms with Crippen LogP contribution in [0.2, 0.25) is 0 Å². The largest absolute Gasteiger partial charge is 0.466 e. The molecular formula is C70H122N2O8. The number of fused-ring (bicyclic) bond motifs is 8. The van der Waals surface area contributed by atoms with Gasteiger partial charge in [0.05, 0.1) is 77.9 Å². The van der Waals surface area contributed by atoms with Crippen LogP contribution in [-0.4, -0.2) is 127 Å². The van der Waals surface area contributed by atoms with E-state index in [2.05, 4.69) is 77.6 Å². The van der Waals surface area contributed by atoms with E-state index in [1.807, 2.05) is 0 Å². The number of rotatable bonds is 37. The molecule has 460 valence electrons. The summed E-state index contributed by atoms with van der Waals surface area (Å²) in [6.07, 6.45) is 40.3. The highest BCUT2D eigenvalue weighted by atomic mass is 16.5. The molecule has 10 nitrogen and oxygen atoms in total. The molecule has 0 amide bonds. The quantitative estimate of drug-likeness (QED) is 0.0340. The fourth-order valence-electron chi connectivity index (χ4n) is 17.5. The molecule has 5 fully saturated rings. The molecule has 7 aliphatic rings. The average molecular weight is 1120 g/mol. The number of nitrogens with zero attached hydrogens (tertiary/aromatic N) is 2. The SMILES string of the molecule is CCC1C(C(C)CCCCC(C)C)CCC2C3CCC(OCCC(=O)OCCCN(C)CCOCCOCCN(C)CCCOC(=O)CCOC4CCC5C(=CCC6C5CCCC5C(CCCCC(C)C)CCC56)C4)CC3=CCC21. The third kappa shape index (κ3) is 21.0. The monoisotopic (exact) mass is 1120 g/mol. The van der Waals surface area contributed by atoms with Crippen LogP contribution >= 0.6 is 0 Å². The number of hydrogen-bond donors (Lipinski definition) is 0. The van der Waals surface area contributed by atoms with Crippen molar-refractivity contribution in [2.45, 2.75) is 234 Å². The van der Waals surface area contributed by atoms with Gasteiger partial charge in [0.1, 0.15) is 0 Å². The number of hydrogen-bond acceptors (Lipinski definition) is 10. The molecule has 5 saturated carbocycles. The molecule has 0 heterocycles. The Labute approximate surface area is 490 Å². The summed E-state index contributed by atoms with van der Waals surface area (Å²) >= 11 is 0. The average Bonchev–Trinajstić information content (AvgIpc) is 3.86.